The Morgan fingerprint density at radius 3 is 2.67 bits per heavy atom. The molecule has 0 aliphatic carbocycles. The van der Waals surface area contributed by atoms with Gasteiger partial charge in [-0.05, 0) is 18.2 Å². The van der Waals surface area contributed by atoms with Crippen LogP contribution < -0.4 is 10.1 Å². The quantitative estimate of drug-likeness (QED) is 0.731. The number of aliphatic hydroxyl groups excluding tert-OH is 1. The van der Waals surface area contributed by atoms with Crippen LogP contribution in [0.25, 0.3) is 0 Å². The van der Waals surface area contributed by atoms with Crippen LogP contribution in [0.4, 0.5) is 8.78 Å². The van der Waals surface area contributed by atoms with Crippen molar-refractivity contribution in [2.45, 2.75) is 5.92 Å². The molecule has 3 N–H and O–H groups in total. The van der Waals surface area contributed by atoms with Gasteiger partial charge in [0.1, 0.15) is 6.61 Å². The smallest absolute Gasteiger partial charge is 0.287 e. The van der Waals surface area contributed by atoms with E-state index >= 15 is 0 Å². The van der Waals surface area contributed by atoms with Gasteiger partial charge in [-0.25, -0.2) is 8.78 Å². The normalized spacial score (nSPS) is 11.1. The van der Waals surface area contributed by atoms with Gasteiger partial charge >= 0.3 is 0 Å². The summed E-state index contributed by atoms with van der Waals surface area (Å²) in [4.78, 5) is 11.5. The number of phenolic OH excluding ortho intramolecular Hbond substituents is 1. The van der Waals surface area contributed by atoms with Gasteiger partial charge in [-0.3, -0.25) is 4.79 Å². The van der Waals surface area contributed by atoms with E-state index in [1.54, 1.807) is 0 Å². The number of hydrogen-bond acceptors (Lipinski definition) is 4. The summed E-state index contributed by atoms with van der Waals surface area (Å²) in [6.45, 7) is -2.32. The molecule has 0 radical (unpaired) electrons. The van der Waals surface area contributed by atoms with Crippen molar-refractivity contribution >= 4 is 5.91 Å². The lowest BCUT2D eigenvalue weighted by atomic mass is 10.2. The molecule has 0 atom stereocenters. The number of benzene rings is 1. The first-order chi connectivity index (χ1) is 8.39. The number of phenols is 1. The molecule has 0 saturated carbocycles. The number of hydrogen-bond donors (Lipinski definition) is 3. The largest absolute Gasteiger partial charge is 0.504 e. The predicted molar refractivity (Wildman–Crippen MR) is 59.0 cm³/mol. The van der Waals surface area contributed by atoms with Gasteiger partial charge < -0.3 is 20.3 Å². The van der Waals surface area contributed by atoms with Crippen LogP contribution >= 0.6 is 0 Å². The highest BCUT2D eigenvalue weighted by Gasteiger charge is 2.28. The minimum atomic E-state index is -3.37. The van der Waals surface area contributed by atoms with Gasteiger partial charge in [-0.1, -0.05) is 0 Å². The molecule has 7 heteroatoms. The number of rotatable bonds is 5. The maximum Gasteiger partial charge on any atom is 0.287 e. The van der Waals surface area contributed by atoms with E-state index in [9.17, 15) is 18.7 Å². The van der Waals surface area contributed by atoms with Crippen LogP contribution in [0.2, 0.25) is 0 Å². The van der Waals surface area contributed by atoms with Gasteiger partial charge in [0, 0.05) is 5.56 Å². The lowest BCUT2D eigenvalue weighted by Crippen LogP contribution is -2.38. The Labute approximate surface area is 102 Å². The minimum absolute atomic E-state index is 0.0158. The Morgan fingerprint density at radius 1 is 1.50 bits per heavy atom. The van der Waals surface area contributed by atoms with Crippen molar-refractivity contribution in [3.05, 3.63) is 23.8 Å². The molecule has 1 aromatic carbocycles. The highest BCUT2D eigenvalue weighted by atomic mass is 19.3. The van der Waals surface area contributed by atoms with Crippen LogP contribution in [-0.4, -0.2) is 42.3 Å². The summed E-state index contributed by atoms with van der Waals surface area (Å²) < 4.78 is 30.2. The minimum Gasteiger partial charge on any atom is -0.504 e. The topological polar surface area (TPSA) is 78.8 Å². The van der Waals surface area contributed by atoms with Gasteiger partial charge in [0.2, 0.25) is 0 Å². The van der Waals surface area contributed by atoms with Crippen LogP contribution in [0.15, 0.2) is 18.2 Å². The monoisotopic (exact) mass is 261 g/mol. The number of halogens is 2. The van der Waals surface area contributed by atoms with Crippen molar-refractivity contribution in [2.75, 3.05) is 20.3 Å². The van der Waals surface area contributed by atoms with E-state index < -0.39 is 25.0 Å². The van der Waals surface area contributed by atoms with Gasteiger partial charge in [-0.15, -0.1) is 0 Å². The summed E-state index contributed by atoms with van der Waals surface area (Å²) in [6, 6.07) is 3.77. The second-order valence-corrected chi connectivity index (χ2v) is 3.58. The van der Waals surface area contributed by atoms with E-state index in [1.165, 1.54) is 19.2 Å². The van der Waals surface area contributed by atoms with E-state index in [-0.39, 0.29) is 17.1 Å². The first kappa shape index (κ1) is 14.2. The van der Waals surface area contributed by atoms with Crippen LogP contribution in [0.1, 0.15) is 10.4 Å². The standard InChI is InChI=1S/C11H13F2NO4/c1-18-9-3-2-7(4-8(9)16)10(17)14-5-11(12,13)6-15/h2-4,15-16H,5-6H2,1H3,(H,14,17). The van der Waals surface area contributed by atoms with Gasteiger partial charge in [-0.2, -0.15) is 0 Å². The van der Waals surface area contributed by atoms with E-state index in [4.69, 9.17) is 9.84 Å². The average molecular weight is 261 g/mol. The van der Waals surface area contributed by atoms with Crippen LogP contribution in [0.3, 0.4) is 0 Å². The maximum absolute atomic E-state index is 12.7. The molecule has 100 valence electrons. The van der Waals surface area contributed by atoms with Crippen molar-refractivity contribution < 1.29 is 28.5 Å². The SMILES string of the molecule is COc1ccc(C(=O)NCC(F)(F)CO)cc1O. The zero-order valence-electron chi connectivity index (χ0n) is 9.61. The summed E-state index contributed by atoms with van der Waals surface area (Å²) >= 11 is 0. The number of alkyl halides is 2. The zero-order valence-corrected chi connectivity index (χ0v) is 9.61. The van der Waals surface area contributed by atoms with Crippen LogP contribution in [0, 0.1) is 0 Å². The van der Waals surface area contributed by atoms with E-state index in [2.05, 4.69) is 0 Å². The van der Waals surface area contributed by atoms with Crippen molar-refractivity contribution in [3.63, 3.8) is 0 Å². The molecule has 0 bridgehead atoms. The lowest BCUT2D eigenvalue weighted by Gasteiger charge is -2.14. The number of nitrogens with one attached hydrogen (secondary N) is 1. The molecule has 0 saturated heterocycles. The molecule has 0 heterocycles. The third-order valence-electron chi connectivity index (χ3n) is 2.18. The number of amides is 1. The number of carbonyl (C=O) groups excluding carboxylic acids is 1. The maximum atomic E-state index is 12.7. The predicted octanol–water partition coefficient (Wildman–Crippen LogP) is 0.758. The van der Waals surface area contributed by atoms with E-state index in [0.717, 1.165) is 6.07 Å². The molecule has 0 fully saturated rings. The number of ether oxygens (including phenoxy) is 1. The van der Waals surface area contributed by atoms with Gasteiger partial charge in [0.15, 0.2) is 11.5 Å². The summed E-state index contributed by atoms with van der Waals surface area (Å²) in [5, 5.41) is 19.7. The fourth-order valence-electron chi connectivity index (χ4n) is 1.20. The van der Waals surface area contributed by atoms with Gasteiger partial charge in [0.25, 0.3) is 11.8 Å². The molecular weight excluding hydrogens is 248 g/mol. The van der Waals surface area contributed by atoms with Crippen molar-refractivity contribution in [3.8, 4) is 11.5 Å². The first-order valence-corrected chi connectivity index (χ1v) is 5.03. The van der Waals surface area contributed by atoms with E-state index in [0.29, 0.717) is 0 Å². The summed E-state index contributed by atoms with van der Waals surface area (Å²) in [6.07, 6.45) is 0. The lowest BCUT2D eigenvalue weighted by molar-refractivity contribution is -0.0462. The average Bonchev–Trinajstić information content (AvgIpc) is 2.36. The van der Waals surface area contributed by atoms with Crippen LogP contribution in [0.5, 0.6) is 11.5 Å². The third kappa shape index (κ3) is 3.56. The molecule has 1 aromatic rings. The molecule has 1 rings (SSSR count). The number of methoxy groups -OCH3 is 1. The molecular formula is C11H13F2NO4. The Hall–Kier alpha value is -1.89. The molecule has 0 spiro atoms. The van der Waals surface area contributed by atoms with Crippen LogP contribution in [-0.2, 0) is 0 Å². The summed E-state index contributed by atoms with van der Waals surface area (Å²) in [5.74, 6) is -4.24. The molecule has 0 unspecified atom stereocenters. The molecule has 0 aromatic heterocycles. The Balaban J connectivity index is 2.71. The van der Waals surface area contributed by atoms with Gasteiger partial charge in [0.05, 0.1) is 13.7 Å². The number of aliphatic hydroxyl groups is 1. The highest BCUT2D eigenvalue weighted by Crippen LogP contribution is 2.26. The Bertz CT molecular complexity index is 437. The second kappa shape index (κ2) is 5.63. The van der Waals surface area contributed by atoms with Crippen molar-refractivity contribution in [1.29, 1.82) is 0 Å². The zero-order chi connectivity index (χ0) is 13.8. The molecule has 1 amide bonds. The third-order valence-corrected chi connectivity index (χ3v) is 2.18. The fraction of sp³-hybridized carbons (Fsp3) is 0.364. The molecule has 18 heavy (non-hydrogen) atoms. The fourth-order valence-corrected chi connectivity index (χ4v) is 1.20. The molecule has 5 nitrogen and oxygen atoms in total. The number of carbonyl (C=O) groups is 1. The molecule has 0 aliphatic rings. The number of aromatic hydroxyl groups is 1. The summed E-state index contributed by atoms with van der Waals surface area (Å²) in [7, 11) is 1.34. The Morgan fingerprint density at radius 2 is 2.17 bits per heavy atom. The summed E-state index contributed by atoms with van der Waals surface area (Å²) in [5.41, 5.74) is 0.0158. The first-order valence-electron chi connectivity index (χ1n) is 5.03. The highest BCUT2D eigenvalue weighted by molar-refractivity contribution is 5.94. The second-order valence-electron chi connectivity index (χ2n) is 3.58. The van der Waals surface area contributed by atoms with Crippen molar-refractivity contribution in [2.24, 2.45) is 0 Å². The Kier molecular flexibility index (Phi) is 4.43. The van der Waals surface area contributed by atoms with E-state index in [1.807, 2.05) is 5.32 Å². The van der Waals surface area contributed by atoms with Crippen molar-refractivity contribution in [1.82, 2.24) is 5.32 Å². The molecule has 0 aliphatic heterocycles.